The average molecular weight is 385 g/mol. The van der Waals surface area contributed by atoms with E-state index in [2.05, 4.69) is 17.2 Å². The van der Waals surface area contributed by atoms with Crippen LogP contribution in [0, 0.1) is 0 Å². The highest BCUT2D eigenvalue weighted by Gasteiger charge is 2.38. The molecular weight excluding hydrogens is 360 g/mol. The number of aromatic nitrogens is 3. The maximum atomic E-state index is 12.8. The van der Waals surface area contributed by atoms with E-state index in [4.69, 9.17) is 9.84 Å². The van der Waals surface area contributed by atoms with Crippen LogP contribution in [-0.4, -0.2) is 33.4 Å². The Hall–Kier alpha value is -2.28. The zero-order valence-corrected chi connectivity index (χ0v) is 16.5. The normalized spacial score (nSPS) is 18.7. The first kappa shape index (κ1) is 18.1. The molecule has 0 bridgehead atoms. The maximum absolute atomic E-state index is 12.8. The number of benzene rings is 1. The molecule has 27 heavy (non-hydrogen) atoms. The van der Waals surface area contributed by atoms with Crippen LogP contribution in [0.4, 0.5) is 5.95 Å². The summed E-state index contributed by atoms with van der Waals surface area (Å²) in [5, 5.41) is 8.86. The molecule has 6 nitrogen and oxygen atoms in total. The second-order valence-electron chi connectivity index (χ2n) is 6.80. The number of unbranched alkanes of at least 4 members (excludes halogenated alkanes) is 1. The first-order valence-corrected chi connectivity index (χ1v) is 10.5. The van der Waals surface area contributed by atoms with Crippen LogP contribution in [0.3, 0.4) is 0 Å². The number of ketones is 1. The van der Waals surface area contributed by atoms with Gasteiger partial charge in [0.2, 0.25) is 11.1 Å². The number of hydrogen-bond donors (Lipinski definition) is 1. The third-order valence-corrected chi connectivity index (χ3v) is 5.94. The number of carbonyl (C=O) groups is 1. The summed E-state index contributed by atoms with van der Waals surface area (Å²) in [6.45, 7) is 2.18. The van der Waals surface area contributed by atoms with Crippen molar-refractivity contribution in [1.82, 2.24) is 14.8 Å². The molecule has 1 aliphatic carbocycles. The third-order valence-electron chi connectivity index (χ3n) is 5.01. The van der Waals surface area contributed by atoms with E-state index in [0.717, 1.165) is 59.2 Å². The molecule has 1 unspecified atom stereocenters. The first-order valence-electron chi connectivity index (χ1n) is 9.48. The Labute approximate surface area is 163 Å². The van der Waals surface area contributed by atoms with Crippen LogP contribution >= 0.6 is 11.8 Å². The molecule has 1 aromatic carbocycles. The summed E-state index contributed by atoms with van der Waals surface area (Å²) < 4.78 is 7.45. The van der Waals surface area contributed by atoms with Crippen molar-refractivity contribution in [3.05, 3.63) is 41.1 Å². The molecule has 0 radical (unpaired) electrons. The fourth-order valence-electron chi connectivity index (χ4n) is 3.69. The Morgan fingerprint density at radius 3 is 3.00 bits per heavy atom. The van der Waals surface area contributed by atoms with E-state index in [9.17, 15) is 4.79 Å². The molecule has 0 spiro atoms. The summed E-state index contributed by atoms with van der Waals surface area (Å²) in [7, 11) is 1.66. The van der Waals surface area contributed by atoms with Crippen LogP contribution in [-0.2, 0) is 4.79 Å². The van der Waals surface area contributed by atoms with E-state index < -0.39 is 0 Å². The Balaban J connectivity index is 1.80. The molecule has 1 aromatic heterocycles. The van der Waals surface area contributed by atoms with Crippen LogP contribution in [0.2, 0.25) is 0 Å². The van der Waals surface area contributed by atoms with Crippen molar-refractivity contribution in [2.24, 2.45) is 0 Å². The lowest BCUT2D eigenvalue weighted by molar-refractivity contribution is -0.116. The number of thioether (sulfide) groups is 1. The van der Waals surface area contributed by atoms with Gasteiger partial charge in [-0.3, -0.25) is 4.79 Å². The number of anilines is 1. The lowest BCUT2D eigenvalue weighted by Crippen LogP contribution is -2.31. The highest BCUT2D eigenvalue weighted by atomic mass is 32.2. The molecule has 0 amide bonds. The minimum absolute atomic E-state index is 0.181. The number of fused-ring (bicyclic) bond motifs is 1. The van der Waals surface area contributed by atoms with E-state index in [0.29, 0.717) is 12.4 Å². The van der Waals surface area contributed by atoms with Crippen LogP contribution in [0.5, 0.6) is 5.75 Å². The van der Waals surface area contributed by atoms with E-state index in [-0.39, 0.29) is 11.8 Å². The van der Waals surface area contributed by atoms with Gasteiger partial charge in [-0.25, -0.2) is 4.68 Å². The quantitative estimate of drug-likeness (QED) is 0.595. The van der Waals surface area contributed by atoms with Gasteiger partial charge in [-0.2, -0.15) is 4.98 Å². The minimum Gasteiger partial charge on any atom is -0.496 e. The zero-order valence-electron chi connectivity index (χ0n) is 15.7. The van der Waals surface area contributed by atoms with Crippen molar-refractivity contribution in [3.63, 3.8) is 0 Å². The standard InChI is InChI=1S/C20H24N4O2S/c1-3-4-12-27-20-22-19-21-14-9-7-10-15(25)17(14)18(24(19)23-20)13-8-5-6-11-16(13)26-2/h5-6,8,11,18H,3-4,7,9-10,12H2,1-2H3,(H,21,22,23). The molecule has 142 valence electrons. The topological polar surface area (TPSA) is 69.0 Å². The van der Waals surface area contributed by atoms with Crippen LogP contribution < -0.4 is 10.1 Å². The molecule has 0 saturated heterocycles. The molecule has 2 aromatic rings. The summed E-state index contributed by atoms with van der Waals surface area (Å²) in [4.78, 5) is 17.5. The Bertz CT molecular complexity index is 890. The van der Waals surface area contributed by atoms with Gasteiger partial charge in [0, 0.05) is 29.0 Å². The maximum Gasteiger partial charge on any atom is 0.227 e. The minimum atomic E-state index is -0.298. The number of ether oxygens (including phenoxy) is 1. The Morgan fingerprint density at radius 1 is 1.33 bits per heavy atom. The third kappa shape index (κ3) is 3.36. The van der Waals surface area contributed by atoms with Crippen molar-refractivity contribution >= 4 is 23.5 Å². The van der Waals surface area contributed by atoms with Crippen molar-refractivity contribution in [2.75, 3.05) is 18.2 Å². The number of rotatable bonds is 6. The molecular formula is C20H24N4O2S. The average Bonchev–Trinajstić information content (AvgIpc) is 3.09. The van der Waals surface area contributed by atoms with Gasteiger partial charge in [0.1, 0.15) is 11.8 Å². The van der Waals surface area contributed by atoms with Gasteiger partial charge in [-0.05, 0) is 25.3 Å². The van der Waals surface area contributed by atoms with Crippen molar-refractivity contribution in [2.45, 2.75) is 50.2 Å². The van der Waals surface area contributed by atoms with Crippen LogP contribution in [0.15, 0.2) is 40.7 Å². The number of Topliss-reactive ketones (excluding diaryl/α,β-unsaturated/α-hetero) is 1. The first-order chi connectivity index (χ1) is 13.2. The summed E-state index contributed by atoms with van der Waals surface area (Å²) in [6.07, 6.45) is 4.58. The molecule has 2 heterocycles. The van der Waals surface area contributed by atoms with E-state index in [1.807, 2.05) is 28.9 Å². The number of methoxy groups -OCH3 is 1. The number of carbonyl (C=O) groups excluding carboxylic acids is 1. The fourth-order valence-corrected chi connectivity index (χ4v) is 4.60. The lowest BCUT2D eigenvalue weighted by atomic mass is 9.85. The lowest BCUT2D eigenvalue weighted by Gasteiger charge is -2.32. The summed E-state index contributed by atoms with van der Waals surface area (Å²) in [6, 6.07) is 7.55. The van der Waals surface area contributed by atoms with Crippen molar-refractivity contribution < 1.29 is 9.53 Å². The molecule has 1 atom stereocenters. The number of nitrogens with one attached hydrogen (secondary N) is 1. The second kappa shape index (κ2) is 7.76. The summed E-state index contributed by atoms with van der Waals surface area (Å²) in [5.41, 5.74) is 2.72. The zero-order chi connectivity index (χ0) is 18.8. The van der Waals surface area contributed by atoms with E-state index in [1.54, 1.807) is 18.9 Å². The number of hydrogen-bond acceptors (Lipinski definition) is 6. The number of allylic oxidation sites excluding steroid dienone is 2. The predicted octanol–water partition coefficient (Wildman–Crippen LogP) is 4.20. The van der Waals surface area contributed by atoms with Gasteiger partial charge in [0.25, 0.3) is 0 Å². The van der Waals surface area contributed by atoms with Crippen molar-refractivity contribution in [1.29, 1.82) is 0 Å². The largest absolute Gasteiger partial charge is 0.496 e. The molecule has 0 fully saturated rings. The summed E-state index contributed by atoms with van der Waals surface area (Å²) >= 11 is 1.66. The second-order valence-corrected chi connectivity index (χ2v) is 7.87. The number of para-hydroxylation sites is 1. The van der Waals surface area contributed by atoms with Crippen molar-refractivity contribution in [3.8, 4) is 5.75 Å². The molecule has 1 N–H and O–H groups in total. The smallest absolute Gasteiger partial charge is 0.227 e. The van der Waals surface area contributed by atoms with Crippen LogP contribution in [0.25, 0.3) is 0 Å². The monoisotopic (exact) mass is 384 g/mol. The van der Waals surface area contributed by atoms with Gasteiger partial charge < -0.3 is 10.1 Å². The molecule has 1 aliphatic heterocycles. The fraction of sp³-hybridized carbons (Fsp3) is 0.450. The van der Waals surface area contributed by atoms with Gasteiger partial charge in [-0.15, -0.1) is 5.10 Å². The molecule has 2 aliphatic rings. The van der Waals surface area contributed by atoms with Gasteiger partial charge >= 0.3 is 0 Å². The van der Waals surface area contributed by atoms with Gasteiger partial charge in [0.15, 0.2) is 5.78 Å². The van der Waals surface area contributed by atoms with E-state index in [1.165, 1.54) is 0 Å². The molecule has 7 heteroatoms. The highest BCUT2D eigenvalue weighted by Crippen LogP contribution is 2.43. The molecule has 0 saturated carbocycles. The van der Waals surface area contributed by atoms with Gasteiger partial charge in [0.05, 0.1) is 7.11 Å². The van der Waals surface area contributed by atoms with Gasteiger partial charge in [-0.1, -0.05) is 43.3 Å². The summed E-state index contributed by atoms with van der Waals surface area (Å²) in [5.74, 6) is 2.64. The highest BCUT2D eigenvalue weighted by molar-refractivity contribution is 7.99. The Morgan fingerprint density at radius 2 is 2.19 bits per heavy atom. The van der Waals surface area contributed by atoms with Crippen LogP contribution in [0.1, 0.15) is 50.6 Å². The van der Waals surface area contributed by atoms with E-state index >= 15 is 0 Å². The Kier molecular flexibility index (Phi) is 5.20. The number of nitrogens with zero attached hydrogens (tertiary/aromatic N) is 3. The molecule has 4 rings (SSSR count). The SMILES string of the molecule is CCCCSc1nc2n(n1)C(c1ccccc1OC)C1=C(CCCC1=O)N2. The predicted molar refractivity (Wildman–Crippen MR) is 106 cm³/mol.